The molecule has 4 N–H and O–H groups in total. The highest BCUT2D eigenvalue weighted by molar-refractivity contribution is 5.82. The van der Waals surface area contributed by atoms with Crippen molar-refractivity contribution >= 4 is 5.91 Å². The summed E-state index contributed by atoms with van der Waals surface area (Å²) in [6, 6.07) is 5.43. The van der Waals surface area contributed by atoms with Crippen LogP contribution in [0.5, 0.6) is 11.5 Å². The zero-order valence-corrected chi connectivity index (χ0v) is 25.6. The van der Waals surface area contributed by atoms with Gasteiger partial charge in [0.25, 0.3) is 5.09 Å². The number of carbonyl (C=O) groups is 1. The normalized spacial score (nSPS) is 19.7. The average molecular weight is 582 g/mol. The van der Waals surface area contributed by atoms with Gasteiger partial charge in [0.2, 0.25) is 5.91 Å². The van der Waals surface area contributed by atoms with E-state index in [2.05, 4.69) is 19.2 Å². The van der Waals surface area contributed by atoms with Crippen LogP contribution < -0.4 is 20.5 Å². The second kappa shape index (κ2) is 16.7. The Morgan fingerprint density at radius 2 is 1.85 bits per heavy atom. The third-order valence-corrected chi connectivity index (χ3v) is 8.48. The van der Waals surface area contributed by atoms with Crippen LogP contribution in [0.4, 0.5) is 0 Å². The van der Waals surface area contributed by atoms with Crippen molar-refractivity contribution in [1.82, 2.24) is 5.32 Å². The summed E-state index contributed by atoms with van der Waals surface area (Å²) in [7, 11) is 3.28. The van der Waals surface area contributed by atoms with Crippen molar-refractivity contribution in [2.24, 2.45) is 28.9 Å². The summed E-state index contributed by atoms with van der Waals surface area (Å²) >= 11 is 0. The molecule has 2 rings (SSSR count). The number of benzene rings is 1. The Labute approximate surface area is 244 Å². The molecule has 41 heavy (non-hydrogen) atoms. The van der Waals surface area contributed by atoms with E-state index < -0.39 is 28.8 Å². The zero-order valence-electron chi connectivity index (χ0n) is 25.6. The van der Waals surface area contributed by atoms with E-state index in [1.807, 2.05) is 32.0 Å². The predicted molar refractivity (Wildman–Crippen MR) is 156 cm³/mol. The number of aliphatic hydroxyl groups excluding tert-OH is 1. The topological polar surface area (TPSA) is 155 Å². The van der Waals surface area contributed by atoms with Gasteiger partial charge in [-0.3, -0.25) is 4.79 Å². The quantitative estimate of drug-likeness (QED) is 0.133. The molecule has 0 bridgehead atoms. The SMILES string of the molecule is COCCCOc1cc(C[C@@H](C[C@H](N)[C@@H](O)CNC(=O)C(C)(C)C2CCC(O[N+](=O)[O-])CC2)C(C)C)ccc1OC. The van der Waals surface area contributed by atoms with Crippen LogP contribution in [-0.4, -0.2) is 68.3 Å². The lowest BCUT2D eigenvalue weighted by atomic mass is 9.70. The number of carbonyl (C=O) groups excluding carboxylic acids is 1. The number of amides is 1. The summed E-state index contributed by atoms with van der Waals surface area (Å²) in [6.45, 7) is 9.27. The van der Waals surface area contributed by atoms with Gasteiger partial charge in [-0.25, -0.2) is 0 Å². The molecule has 1 aromatic rings. The smallest absolute Gasteiger partial charge is 0.294 e. The van der Waals surface area contributed by atoms with Gasteiger partial charge in [-0.15, -0.1) is 10.1 Å². The Bertz CT molecular complexity index is 950. The third-order valence-electron chi connectivity index (χ3n) is 8.48. The summed E-state index contributed by atoms with van der Waals surface area (Å²) in [5.74, 6) is 1.82. The van der Waals surface area contributed by atoms with E-state index in [1.54, 1.807) is 14.2 Å². The molecule has 1 aliphatic rings. The second-order valence-corrected chi connectivity index (χ2v) is 12.1. The molecule has 1 saturated carbocycles. The van der Waals surface area contributed by atoms with Crippen LogP contribution in [0.1, 0.15) is 71.8 Å². The van der Waals surface area contributed by atoms with E-state index >= 15 is 0 Å². The molecule has 11 heteroatoms. The summed E-state index contributed by atoms with van der Waals surface area (Å²) in [5.41, 5.74) is 6.87. The van der Waals surface area contributed by atoms with Gasteiger partial charge in [-0.05, 0) is 74.0 Å². The van der Waals surface area contributed by atoms with Gasteiger partial charge in [0.15, 0.2) is 11.5 Å². The number of nitrogens with one attached hydrogen (secondary N) is 1. The number of aliphatic hydroxyl groups is 1. The second-order valence-electron chi connectivity index (χ2n) is 12.1. The fraction of sp³-hybridized carbons (Fsp3) is 0.767. The Morgan fingerprint density at radius 1 is 1.17 bits per heavy atom. The lowest BCUT2D eigenvalue weighted by molar-refractivity contribution is -0.769. The molecule has 0 heterocycles. The number of nitrogens with zero attached hydrogens (tertiary/aromatic N) is 1. The monoisotopic (exact) mass is 581 g/mol. The lowest BCUT2D eigenvalue weighted by Gasteiger charge is -2.38. The highest BCUT2D eigenvalue weighted by Crippen LogP contribution is 2.39. The van der Waals surface area contributed by atoms with E-state index in [4.69, 9.17) is 24.8 Å². The van der Waals surface area contributed by atoms with Gasteiger partial charge in [0.05, 0.1) is 19.8 Å². The summed E-state index contributed by atoms with van der Waals surface area (Å²) in [6.07, 6.45) is 3.25. The van der Waals surface area contributed by atoms with E-state index in [-0.39, 0.29) is 24.3 Å². The van der Waals surface area contributed by atoms with Crippen molar-refractivity contribution in [3.63, 3.8) is 0 Å². The highest BCUT2D eigenvalue weighted by atomic mass is 17.0. The van der Waals surface area contributed by atoms with Gasteiger partial charge >= 0.3 is 0 Å². The van der Waals surface area contributed by atoms with Gasteiger partial charge in [0, 0.05) is 38.1 Å². The summed E-state index contributed by atoms with van der Waals surface area (Å²) in [4.78, 5) is 28.4. The van der Waals surface area contributed by atoms with Gasteiger partial charge in [-0.1, -0.05) is 33.8 Å². The number of rotatable bonds is 18. The molecule has 0 radical (unpaired) electrons. The molecule has 0 aromatic heterocycles. The zero-order chi connectivity index (χ0) is 30.6. The van der Waals surface area contributed by atoms with Crippen LogP contribution in [0.3, 0.4) is 0 Å². The maximum Gasteiger partial charge on any atom is 0.294 e. The Morgan fingerprint density at radius 3 is 2.44 bits per heavy atom. The third kappa shape index (κ3) is 10.9. The van der Waals surface area contributed by atoms with Crippen molar-refractivity contribution in [3.05, 3.63) is 33.9 Å². The van der Waals surface area contributed by atoms with Crippen molar-refractivity contribution in [3.8, 4) is 11.5 Å². The highest BCUT2D eigenvalue weighted by Gasteiger charge is 2.39. The minimum Gasteiger partial charge on any atom is -0.493 e. The number of methoxy groups -OCH3 is 2. The first kappa shape index (κ1) is 34.6. The largest absolute Gasteiger partial charge is 0.493 e. The number of hydrogen-bond acceptors (Lipinski definition) is 9. The number of ether oxygens (including phenoxy) is 3. The molecule has 11 nitrogen and oxygen atoms in total. The van der Waals surface area contributed by atoms with Gasteiger partial charge in [0.1, 0.15) is 6.10 Å². The summed E-state index contributed by atoms with van der Waals surface area (Å²) < 4.78 is 16.5. The maximum absolute atomic E-state index is 13.1. The van der Waals surface area contributed by atoms with E-state index in [9.17, 15) is 20.0 Å². The summed E-state index contributed by atoms with van der Waals surface area (Å²) in [5, 5.41) is 23.6. The molecule has 0 spiro atoms. The molecule has 0 saturated heterocycles. The number of hydrogen-bond donors (Lipinski definition) is 3. The van der Waals surface area contributed by atoms with E-state index in [0.717, 1.165) is 18.4 Å². The lowest BCUT2D eigenvalue weighted by Crippen LogP contribution is -2.49. The molecule has 0 unspecified atom stereocenters. The Hall–Kier alpha value is -2.63. The van der Waals surface area contributed by atoms with Crippen LogP contribution in [0.25, 0.3) is 0 Å². The van der Waals surface area contributed by atoms with Crippen LogP contribution >= 0.6 is 0 Å². The number of nitrogens with two attached hydrogens (primary N) is 1. The minimum atomic E-state index is -0.893. The first-order valence-corrected chi connectivity index (χ1v) is 14.7. The maximum atomic E-state index is 13.1. The van der Waals surface area contributed by atoms with Crippen LogP contribution in [0, 0.1) is 33.3 Å². The van der Waals surface area contributed by atoms with Crippen molar-refractivity contribution in [2.45, 2.75) is 90.9 Å². The van der Waals surface area contributed by atoms with Crippen LogP contribution in [0.15, 0.2) is 18.2 Å². The van der Waals surface area contributed by atoms with Crippen molar-refractivity contribution in [1.29, 1.82) is 0 Å². The molecule has 1 fully saturated rings. The predicted octanol–water partition coefficient (Wildman–Crippen LogP) is 3.91. The molecule has 1 amide bonds. The van der Waals surface area contributed by atoms with Crippen LogP contribution in [-0.2, 0) is 20.8 Å². The first-order chi connectivity index (χ1) is 19.4. The van der Waals surface area contributed by atoms with Crippen molar-refractivity contribution < 1.29 is 34.0 Å². The van der Waals surface area contributed by atoms with E-state index in [1.165, 1.54) is 0 Å². The van der Waals surface area contributed by atoms with E-state index in [0.29, 0.717) is 62.7 Å². The standard InChI is InChI=1S/C30H51N3O8/c1-20(2)22(16-21-8-13-27(39-6)28(17-21)40-15-7-14-38-5)18-25(31)26(34)19-32-29(35)30(3,4)23-9-11-24(12-10-23)41-33(36)37/h8,13,17,20,22-26,34H,7,9-12,14-16,18-19,31H2,1-6H3,(H,32,35)/t22-,23?,24?,25-,26-/m0/s1. The molecule has 1 aliphatic carbocycles. The Kier molecular flexibility index (Phi) is 14.1. The molecular formula is C30H51N3O8. The molecule has 3 atom stereocenters. The van der Waals surface area contributed by atoms with Crippen LogP contribution in [0.2, 0.25) is 0 Å². The van der Waals surface area contributed by atoms with Gasteiger partial charge in [-0.2, -0.15) is 0 Å². The molecule has 1 aromatic carbocycles. The Balaban J connectivity index is 1.91. The fourth-order valence-corrected chi connectivity index (χ4v) is 5.52. The molecule has 0 aliphatic heterocycles. The minimum absolute atomic E-state index is 0.0655. The van der Waals surface area contributed by atoms with Crippen molar-refractivity contribution in [2.75, 3.05) is 34.0 Å². The van der Waals surface area contributed by atoms with Gasteiger partial charge < -0.3 is 35.2 Å². The first-order valence-electron chi connectivity index (χ1n) is 14.7. The molecular weight excluding hydrogens is 530 g/mol. The molecule has 234 valence electrons. The average Bonchev–Trinajstić information content (AvgIpc) is 2.93. The fourth-order valence-electron chi connectivity index (χ4n) is 5.52.